The average molecular weight is 475 g/mol. The van der Waals surface area contributed by atoms with E-state index in [4.69, 9.17) is 0 Å². The lowest BCUT2D eigenvalue weighted by atomic mass is 10.2. The number of carbonyl (C=O) groups is 1. The Hall–Kier alpha value is -3.04. The first-order valence-electron chi connectivity index (χ1n) is 10.9. The molecule has 178 valence electrons. The molecular weight excluding hydrogens is 444 g/mol. The normalized spacial score (nSPS) is 14.1. The van der Waals surface area contributed by atoms with Gasteiger partial charge in [-0.1, -0.05) is 30.3 Å². The van der Waals surface area contributed by atoms with E-state index in [0.29, 0.717) is 35.5 Å². The highest BCUT2D eigenvalue weighted by atomic mass is 35.5. The third kappa shape index (κ3) is 4.30. The van der Waals surface area contributed by atoms with E-state index >= 15 is 0 Å². The van der Waals surface area contributed by atoms with E-state index in [1.165, 1.54) is 16.5 Å². The third-order valence-corrected chi connectivity index (χ3v) is 6.07. The maximum absolute atomic E-state index is 13.5. The molecule has 1 amide bonds. The lowest BCUT2D eigenvalue weighted by Crippen LogP contribution is -2.38. The van der Waals surface area contributed by atoms with Crippen LogP contribution in [0.5, 0.6) is 0 Å². The minimum absolute atomic E-state index is 0. The standard InChI is InChI=1S/C23H30N6O3.ClH/c1-25(2)21(30)17-18-19(22(31)27(4)23(32)26(18)3)29(15-16-9-6-5-7-10-16)20(17)28-13-8-11-24-12-14-28;/h5-7,9-10,24H,8,11-15H2,1-4H3;1H. The van der Waals surface area contributed by atoms with Gasteiger partial charge in [-0.2, -0.15) is 0 Å². The smallest absolute Gasteiger partial charge is 0.331 e. The summed E-state index contributed by atoms with van der Waals surface area (Å²) in [5, 5.41) is 3.40. The number of aromatic nitrogens is 3. The third-order valence-electron chi connectivity index (χ3n) is 6.07. The number of carbonyl (C=O) groups excluding carboxylic acids is 1. The van der Waals surface area contributed by atoms with Crippen LogP contribution in [-0.4, -0.2) is 64.8 Å². The van der Waals surface area contributed by atoms with Gasteiger partial charge in [0.25, 0.3) is 11.5 Å². The zero-order valence-corrected chi connectivity index (χ0v) is 20.3. The summed E-state index contributed by atoms with van der Waals surface area (Å²) < 4.78 is 4.46. The SMILES string of the molecule is CN(C)C(=O)c1c(N2CCCNCC2)n(Cc2ccccc2)c2c(=O)n(C)c(=O)n(C)c12.Cl. The number of halogens is 1. The van der Waals surface area contributed by atoms with Crippen LogP contribution in [0.15, 0.2) is 39.9 Å². The molecule has 0 bridgehead atoms. The summed E-state index contributed by atoms with van der Waals surface area (Å²) in [4.78, 5) is 43.4. The maximum atomic E-state index is 13.5. The molecule has 0 atom stereocenters. The predicted molar refractivity (Wildman–Crippen MR) is 133 cm³/mol. The maximum Gasteiger partial charge on any atom is 0.331 e. The summed E-state index contributed by atoms with van der Waals surface area (Å²) >= 11 is 0. The van der Waals surface area contributed by atoms with Crippen molar-refractivity contribution in [2.24, 2.45) is 14.1 Å². The molecule has 0 unspecified atom stereocenters. The number of fused-ring (bicyclic) bond motifs is 1. The Kier molecular flexibility index (Phi) is 7.34. The van der Waals surface area contributed by atoms with Crippen molar-refractivity contribution in [2.45, 2.75) is 13.0 Å². The Bertz CT molecular complexity index is 1270. The first-order valence-corrected chi connectivity index (χ1v) is 10.9. The fraction of sp³-hybridized carbons (Fsp3) is 0.435. The molecule has 1 fully saturated rings. The van der Waals surface area contributed by atoms with Gasteiger partial charge in [-0.25, -0.2) is 4.79 Å². The number of nitrogens with zero attached hydrogens (tertiary/aromatic N) is 5. The van der Waals surface area contributed by atoms with Crippen LogP contribution in [0.4, 0.5) is 5.82 Å². The first kappa shape index (κ1) is 24.6. The molecule has 1 saturated heterocycles. The quantitative estimate of drug-likeness (QED) is 0.610. The van der Waals surface area contributed by atoms with Crippen LogP contribution in [0.3, 0.4) is 0 Å². The average Bonchev–Trinajstić information content (AvgIpc) is 2.93. The van der Waals surface area contributed by atoms with Crippen LogP contribution in [0.1, 0.15) is 22.3 Å². The van der Waals surface area contributed by atoms with Crippen LogP contribution in [0.25, 0.3) is 11.0 Å². The van der Waals surface area contributed by atoms with Crippen molar-refractivity contribution in [3.8, 4) is 0 Å². The highest BCUT2D eigenvalue weighted by molar-refractivity contribution is 6.10. The zero-order valence-electron chi connectivity index (χ0n) is 19.5. The van der Waals surface area contributed by atoms with E-state index in [9.17, 15) is 14.4 Å². The van der Waals surface area contributed by atoms with Crippen LogP contribution < -0.4 is 21.5 Å². The summed E-state index contributed by atoms with van der Waals surface area (Å²) in [5.41, 5.74) is 1.33. The number of amides is 1. The summed E-state index contributed by atoms with van der Waals surface area (Å²) in [6, 6.07) is 9.86. The Labute approximate surface area is 198 Å². The predicted octanol–water partition coefficient (Wildman–Crippen LogP) is 1.01. The monoisotopic (exact) mass is 474 g/mol. The number of anilines is 1. The number of aryl methyl sites for hydroxylation is 1. The van der Waals surface area contributed by atoms with Crippen LogP contribution >= 0.6 is 12.4 Å². The molecule has 4 rings (SSSR count). The van der Waals surface area contributed by atoms with Crippen molar-refractivity contribution in [1.82, 2.24) is 23.9 Å². The van der Waals surface area contributed by atoms with Gasteiger partial charge in [0.05, 0.1) is 5.52 Å². The van der Waals surface area contributed by atoms with Gasteiger partial charge in [-0.15, -0.1) is 12.4 Å². The lowest BCUT2D eigenvalue weighted by Gasteiger charge is -2.26. The molecule has 3 heterocycles. The van der Waals surface area contributed by atoms with Gasteiger partial charge in [-0.3, -0.25) is 18.7 Å². The molecule has 1 N–H and O–H groups in total. The van der Waals surface area contributed by atoms with E-state index in [1.54, 1.807) is 21.1 Å². The van der Waals surface area contributed by atoms with Crippen molar-refractivity contribution in [2.75, 3.05) is 45.2 Å². The highest BCUT2D eigenvalue weighted by Gasteiger charge is 2.32. The minimum atomic E-state index is -0.448. The number of hydrogen-bond acceptors (Lipinski definition) is 5. The number of hydrogen-bond donors (Lipinski definition) is 1. The van der Waals surface area contributed by atoms with Gasteiger partial charge >= 0.3 is 5.69 Å². The molecule has 9 nitrogen and oxygen atoms in total. The topological polar surface area (TPSA) is 84.5 Å². The summed E-state index contributed by atoms with van der Waals surface area (Å²) in [5.74, 6) is 0.474. The molecule has 0 aliphatic carbocycles. The van der Waals surface area contributed by atoms with E-state index < -0.39 is 11.2 Å². The second kappa shape index (κ2) is 9.84. The minimum Gasteiger partial charge on any atom is -0.356 e. The summed E-state index contributed by atoms with van der Waals surface area (Å²) in [6.07, 6.45) is 0.916. The molecule has 1 aliphatic rings. The van der Waals surface area contributed by atoms with E-state index in [-0.39, 0.29) is 18.3 Å². The first-order chi connectivity index (χ1) is 15.3. The Balaban J connectivity index is 0.00000306. The van der Waals surface area contributed by atoms with Gasteiger partial charge in [0.2, 0.25) is 0 Å². The van der Waals surface area contributed by atoms with Gasteiger partial charge in [0, 0.05) is 54.4 Å². The Morgan fingerprint density at radius 1 is 1.00 bits per heavy atom. The van der Waals surface area contributed by atoms with Gasteiger partial charge in [0.1, 0.15) is 16.9 Å². The molecule has 0 spiro atoms. The second-order valence-electron chi connectivity index (χ2n) is 8.46. The number of rotatable bonds is 4. The lowest BCUT2D eigenvalue weighted by molar-refractivity contribution is 0.0829. The van der Waals surface area contributed by atoms with E-state index in [2.05, 4.69) is 10.2 Å². The highest BCUT2D eigenvalue weighted by Crippen LogP contribution is 2.33. The summed E-state index contributed by atoms with van der Waals surface area (Å²) in [6.45, 7) is 3.55. The van der Waals surface area contributed by atoms with Crippen molar-refractivity contribution in [3.63, 3.8) is 0 Å². The fourth-order valence-corrected chi connectivity index (χ4v) is 4.43. The van der Waals surface area contributed by atoms with E-state index in [1.807, 2.05) is 34.9 Å². The Morgan fingerprint density at radius 2 is 1.70 bits per heavy atom. The number of nitrogens with one attached hydrogen (secondary N) is 1. The second-order valence-corrected chi connectivity index (χ2v) is 8.46. The molecule has 1 aliphatic heterocycles. The van der Waals surface area contributed by atoms with Crippen molar-refractivity contribution in [3.05, 3.63) is 62.3 Å². The van der Waals surface area contributed by atoms with Gasteiger partial charge in [0.15, 0.2) is 0 Å². The largest absolute Gasteiger partial charge is 0.356 e. The van der Waals surface area contributed by atoms with Crippen molar-refractivity contribution < 1.29 is 4.79 Å². The molecule has 2 aromatic heterocycles. The molecule has 10 heteroatoms. The molecule has 1 aromatic carbocycles. The molecule has 0 radical (unpaired) electrons. The number of benzene rings is 1. The van der Waals surface area contributed by atoms with Crippen molar-refractivity contribution in [1.29, 1.82) is 0 Å². The Morgan fingerprint density at radius 3 is 2.36 bits per heavy atom. The summed E-state index contributed by atoms with van der Waals surface area (Å²) in [7, 11) is 6.48. The van der Waals surface area contributed by atoms with Crippen molar-refractivity contribution >= 4 is 35.2 Å². The molecule has 0 saturated carbocycles. The zero-order chi connectivity index (χ0) is 23.0. The molecular formula is C23H31ClN6O3. The molecule has 33 heavy (non-hydrogen) atoms. The fourth-order valence-electron chi connectivity index (χ4n) is 4.43. The van der Waals surface area contributed by atoms with Crippen LogP contribution in [-0.2, 0) is 20.6 Å². The molecule has 3 aromatic rings. The van der Waals surface area contributed by atoms with Crippen LogP contribution in [0.2, 0.25) is 0 Å². The van der Waals surface area contributed by atoms with Crippen LogP contribution in [0, 0.1) is 0 Å². The van der Waals surface area contributed by atoms with Gasteiger partial charge < -0.3 is 19.7 Å². The van der Waals surface area contributed by atoms with Gasteiger partial charge in [-0.05, 0) is 18.5 Å². The van der Waals surface area contributed by atoms with E-state index in [0.717, 1.165) is 36.2 Å².